The SMILES string of the molecule is O=C(CSc1nncs1)Nc1cc(-c2ccc3c(c2)CCCC3)nn1-c1ccccc1. The Labute approximate surface area is 188 Å². The van der Waals surface area contributed by atoms with E-state index in [0.717, 1.165) is 34.1 Å². The molecular formula is C23H21N5OS2. The third kappa shape index (κ3) is 4.55. The number of amides is 1. The van der Waals surface area contributed by atoms with E-state index < -0.39 is 0 Å². The van der Waals surface area contributed by atoms with E-state index in [9.17, 15) is 4.79 Å². The predicted molar refractivity (Wildman–Crippen MR) is 125 cm³/mol. The summed E-state index contributed by atoms with van der Waals surface area (Å²) in [6.45, 7) is 0. The lowest BCUT2D eigenvalue weighted by Gasteiger charge is -2.16. The molecule has 8 heteroatoms. The number of carbonyl (C=O) groups excluding carboxylic acids is 1. The number of hydrogen-bond donors (Lipinski definition) is 1. The van der Waals surface area contributed by atoms with E-state index in [-0.39, 0.29) is 11.7 Å². The van der Waals surface area contributed by atoms with Gasteiger partial charge in [0, 0.05) is 11.6 Å². The molecule has 4 aromatic rings. The fraction of sp³-hybridized carbons (Fsp3) is 0.217. The van der Waals surface area contributed by atoms with Crippen LogP contribution in [0, 0.1) is 0 Å². The van der Waals surface area contributed by atoms with Gasteiger partial charge in [-0.25, -0.2) is 4.68 Å². The lowest BCUT2D eigenvalue weighted by molar-refractivity contribution is -0.113. The number of anilines is 1. The molecule has 1 aliphatic rings. The lowest BCUT2D eigenvalue weighted by Crippen LogP contribution is -2.16. The van der Waals surface area contributed by atoms with Gasteiger partial charge >= 0.3 is 0 Å². The molecule has 0 saturated heterocycles. The van der Waals surface area contributed by atoms with E-state index >= 15 is 0 Å². The quantitative estimate of drug-likeness (QED) is 0.421. The van der Waals surface area contributed by atoms with Crippen LogP contribution in [0.15, 0.2) is 64.4 Å². The van der Waals surface area contributed by atoms with Crippen molar-refractivity contribution in [3.63, 3.8) is 0 Å². The van der Waals surface area contributed by atoms with Gasteiger partial charge in [-0.3, -0.25) is 4.79 Å². The van der Waals surface area contributed by atoms with Crippen molar-refractivity contribution in [3.05, 3.63) is 71.2 Å². The third-order valence-corrected chi connectivity index (χ3v) is 7.15. The van der Waals surface area contributed by atoms with Crippen LogP contribution in [0.1, 0.15) is 24.0 Å². The number of nitrogens with one attached hydrogen (secondary N) is 1. The summed E-state index contributed by atoms with van der Waals surface area (Å²) in [4.78, 5) is 12.6. The molecule has 1 N–H and O–H groups in total. The van der Waals surface area contributed by atoms with Crippen molar-refractivity contribution in [2.45, 2.75) is 30.0 Å². The summed E-state index contributed by atoms with van der Waals surface area (Å²) in [7, 11) is 0. The van der Waals surface area contributed by atoms with Crippen molar-refractivity contribution in [2.75, 3.05) is 11.1 Å². The summed E-state index contributed by atoms with van der Waals surface area (Å²) in [6.07, 6.45) is 4.78. The molecule has 0 aliphatic heterocycles. The Balaban J connectivity index is 1.44. The summed E-state index contributed by atoms with van der Waals surface area (Å²) in [5, 5.41) is 15.6. The number of benzene rings is 2. The summed E-state index contributed by atoms with van der Waals surface area (Å²) in [6, 6.07) is 18.4. The Morgan fingerprint density at radius 3 is 2.71 bits per heavy atom. The minimum absolute atomic E-state index is 0.103. The standard InChI is InChI=1S/C23H21N5OS2/c29-22(14-30-23-26-24-15-31-23)25-21-13-20(27-28(21)19-8-2-1-3-9-19)18-11-10-16-6-4-5-7-17(16)12-18/h1-3,8-13,15H,4-7,14H2,(H,25,29). The maximum absolute atomic E-state index is 12.6. The van der Waals surface area contributed by atoms with E-state index in [1.165, 1.54) is 47.1 Å². The molecule has 2 heterocycles. The number of aryl methyl sites for hydroxylation is 2. The van der Waals surface area contributed by atoms with E-state index in [1.54, 1.807) is 10.2 Å². The van der Waals surface area contributed by atoms with Crippen LogP contribution < -0.4 is 5.32 Å². The van der Waals surface area contributed by atoms with Gasteiger partial charge in [0.25, 0.3) is 0 Å². The second-order valence-electron chi connectivity index (χ2n) is 7.39. The lowest BCUT2D eigenvalue weighted by atomic mass is 9.90. The molecule has 0 fully saturated rings. The molecule has 0 radical (unpaired) electrons. The number of thioether (sulfide) groups is 1. The highest BCUT2D eigenvalue weighted by Crippen LogP contribution is 2.29. The van der Waals surface area contributed by atoms with Crippen molar-refractivity contribution in [3.8, 4) is 16.9 Å². The molecule has 0 atom stereocenters. The van der Waals surface area contributed by atoms with Crippen LogP contribution in [0.4, 0.5) is 5.82 Å². The zero-order valence-corrected chi connectivity index (χ0v) is 18.5. The van der Waals surface area contributed by atoms with Crippen molar-refractivity contribution in [1.29, 1.82) is 0 Å². The fourth-order valence-corrected chi connectivity index (χ4v) is 5.09. The average Bonchev–Trinajstić information content (AvgIpc) is 3.48. The minimum Gasteiger partial charge on any atom is -0.310 e. The Morgan fingerprint density at radius 1 is 1.06 bits per heavy atom. The predicted octanol–water partition coefficient (Wildman–Crippen LogP) is 5.00. The highest BCUT2D eigenvalue weighted by molar-refractivity contribution is 8.01. The molecule has 1 aliphatic carbocycles. The highest BCUT2D eigenvalue weighted by Gasteiger charge is 2.16. The first kappa shape index (κ1) is 20.0. The van der Waals surface area contributed by atoms with E-state index in [2.05, 4.69) is 33.7 Å². The smallest absolute Gasteiger partial charge is 0.235 e. The van der Waals surface area contributed by atoms with Crippen LogP contribution in [-0.4, -0.2) is 31.6 Å². The molecular weight excluding hydrogens is 426 g/mol. The molecule has 0 unspecified atom stereocenters. The van der Waals surface area contributed by atoms with Crippen LogP contribution in [0.5, 0.6) is 0 Å². The number of aromatic nitrogens is 4. The third-order valence-electron chi connectivity index (χ3n) is 5.29. The number of para-hydroxylation sites is 1. The maximum atomic E-state index is 12.6. The van der Waals surface area contributed by atoms with Gasteiger partial charge in [0.2, 0.25) is 5.91 Å². The van der Waals surface area contributed by atoms with Gasteiger partial charge in [-0.2, -0.15) is 5.10 Å². The molecule has 2 aromatic heterocycles. The Bertz CT molecular complexity index is 1190. The summed E-state index contributed by atoms with van der Waals surface area (Å²) >= 11 is 2.80. The minimum atomic E-state index is -0.103. The fourth-order valence-electron chi connectivity index (χ4n) is 3.80. The Hall–Kier alpha value is -2.97. The molecule has 156 valence electrons. The van der Waals surface area contributed by atoms with Gasteiger partial charge < -0.3 is 5.32 Å². The van der Waals surface area contributed by atoms with Crippen LogP contribution in [0.25, 0.3) is 16.9 Å². The molecule has 1 amide bonds. The van der Waals surface area contributed by atoms with Gasteiger partial charge in [-0.05, 0) is 55.0 Å². The second kappa shape index (κ2) is 9.03. The Kier molecular flexibility index (Phi) is 5.82. The van der Waals surface area contributed by atoms with Crippen LogP contribution in [0.3, 0.4) is 0 Å². The van der Waals surface area contributed by atoms with E-state index in [1.807, 2.05) is 36.4 Å². The van der Waals surface area contributed by atoms with Crippen LogP contribution >= 0.6 is 23.1 Å². The maximum Gasteiger partial charge on any atom is 0.235 e. The van der Waals surface area contributed by atoms with Crippen molar-refractivity contribution >= 4 is 34.8 Å². The molecule has 5 rings (SSSR count). The molecule has 31 heavy (non-hydrogen) atoms. The zero-order valence-electron chi connectivity index (χ0n) is 16.8. The molecule has 0 bridgehead atoms. The summed E-state index contributed by atoms with van der Waals surface area (Å²) in [5.74, 6) is 0.819. The number of hydrogen-bond acceptors (Lipinski definition) is 6. The second-order valence-corrected chi connectivity index (χ2v) is 9.45. The zero-order chi connectivity index (χ0) is 21.0. The molecule has 0 saturated carbocycles. The molecule has 6 nitrogen and oxygen atoms in total. The number of carbonyl (C=O) groups is 1. The van der Waals surface area contributed by atoms with Crippen molar-refractivity contribution < 1.29 is 4.79 Å². The van der Waals surface area contributed by atoms with E-state index in [4.69, 9.17) is 5.10 Å². The van der Waals surface area contributed by atoms with Gasteiger partial charge in [-0.1, -0.05) is 53.4 Å². The summed E-state index contributed by atoms with van der Waals surface area (Å²) < 4.78 is 2.57. The van der Waals surface area contributed by atoms with Gasteiger partial charge in [-0.15, -0.1) is 10.2 Å². The van der Waals surface area contributed by atoms with Crippen molar-refractivity contribution in [2.24, 2.45) is 0 Å². The van der Waals surface area contributed by atoms with Crippen LogP contribution in [-0.2, 0) is 17.6 Å². The number of fused-ring (bicyclic) bond motifs is 1. The van der Waals surface area contributed by atoms with Crippen molar-refractivity contribution in [1.82, 2.24) is 20.0 Å². The first-order valence-electron chi connectivity index (χ1n) is 10.2. The van der Waals surface area contributed by atoms with Gasteiger partial charge in [0.15, 0.2) is 4.34 Å². The highest BCUT2D eigenvalue weighted by atomic mass is 32.2. The average molecular weight is 448 g/mol. The first-order chi connectivity index (χ1) is 15.3. The first-order valence-corrected chi connectivity index (χ1v) is 12.1. The van der Waals surface area contributed by atoms with E-state index in [0.29, 0.717) is 5.82 Å². The van der Waals surface area contributed by atoms with Crippen LogP contribution in [0.2, 0.25) is 0 Å². The van der Waals surface area contributed by atoms with Gasteiger partial charge in [0.05, 0.1) is 17.1 Å². The largest absolute Gasteiger partial charge is 0.310 e. The molecule has 0 spiro atoms. The monoisotopic (exact) mass is 447 g/mol. The number of nitrogens with zero attached hydrogens (tertiary/aromatic N) is 4. The Morgan fingerprint density at radius 2 is 1.90 bits per heavy atom. The topological polar surface area (TPSA) is 72.7 Å². The summed E-state index contributed by atoms with van der Waals surface area (Å²) in [5.41, 5.74) is 7.35. The normalized spacial score (nSPS) is 13.0. The number of rotatable bonds is 6. The van der Waals surface area contributed by atoms with Gasteiger partial charge in [0.1, 0.15) is 11.3 Å². The molecule has 2 aromatic carbocycles.